The van der Waals surface area contributed by atoms with Crippen molar-refractivity contribution in [3.05, 3.63) is 17.7 Å². The van der Waals surface area contributed by atoms with E-state index in [-0.39, 0.29) is 6.10 Å². The summed E-state index contributed by atoms with van der Waals surface area (Å²) >= 11 is 5.66. The predicted molar refractivity (Wildman–Crippen MR) is 52.7 cm³/mol. The van der Waals surface area contributed by atoms with E-state index in [9.17, 15) is 0 Å². The van der Waals surface area contributed by atoms with Crippen molar-refractivity contribution in [2.75, 3.05) is 7.11 Å². The second kappa shape index (κ2) is 4.63. The number of H-pyrrole nitrogens is 1. The van der Waals surface area contributed by atoms with Gasteiger partial charge in [0.15, 0.2) is 0 Å². The van der Waals surface area contributed by atoms with Crippen LogP contribution in [-0.4, -0.2) is 17.1 Å². The number of nitrogens with zero attached hydrogens (tertiary/aromatic N) is 1. The zero-order valence-electron chi connectivity index (χ0n) is 8.17. The van der Waals surface area contributed by atoms with Crippen LogP contribution < -0.4 is 0 Å². The van der Waals surface area contributed by atoms with E-state index in [0.717, 1.165) is 11.5 Å². The third kappa shape index (κ3) is 2.45. The topological polar surface area (TPSA) is 37.9 Å². The van der Waals surface area contributed by atoms with Gasteiger partial charge in [-0.25, -0.2) is 4.98 Å². The summed E-state index contributed by atoms with van der Waals surface area (Å²) in [5, 5.41) is 0. The lowest BCUT2D eigenvalue weighted by atomic mass is 10.1. The highest BCUT2D eigenvalue weighted by molar-refractivity contribution is 6.16. The number of hydrogen-bond donors (Lipinski definition) is 1. The first-order chi connectivity index (χ1) is 6.19. The number of ether oxygens (including phenoxy) is 1. The molecule has 0 bridgehead atoms. The van der Waals surface area contributed by atoms with Gasteiger partial charge in [-0.2, -0.15) is 0 Å². The van der Waals surface area contributed by atoms with E-state index >= 15 is 0 Å². The highest BCUT2D eigenvalue weighted by atomic mass is 35.5. The maximum absolute atomic E-state index is 5.66. The molecule has 0 aliphatic rings. The fourth-order valence-corrected chi connectivity index (χ4v) is 1.42. The quantitative estimate of drug-likeness (QED) is 0.762. The largest absolute Gasteiger partial charge is 0.373 e. The average molecular weight is 203 g/mol. The van der Waals surface area contributed by atoms with Gasteiger partial charge in [-0.1, -0.05) is 13.8 Å². The summed E-state index contributed by atoms with van der Waals surface area (Å²) in [4.78, 5) is 7.34. The molecule has 0 aliphatic carbocycles. The second-order valence-electron chi connectivity index (χ2n) is 3.33. The Kier molecular flexibility index (Phi) is 3.75. The molecule has 74 valence electrons. The lowest BCUT2D eigenvalue weighted by molar-refractivity contribution is 0.0581. The lowest BCUT2D eigenvalue weighted by Gasteiger charge is -2.16. The first-order valence-electron chi connectivity index (χ1n) is 4.31. The molecule has 0 amide bonds. The Balaban J connectivity index is 2.79. The Labute approximate surface area is 83.5 Å². The zero-order chi connectivity index (χ0) is 9.84. The van der Waals surface area contributed by atoms with Crippen molar-refractivity contribution in [3.63, 3.8) is 0 Å². The van der Waals surface area contributed by atoms with Crippen LogP contribution in [0.25, 0.3) is 0 Å². The minimum Gasteiger partial charge on any atom is -0.373 e. The van der Waals surface area contributed by atoms with E-state index in [0.29, 0.717) is 11.8 Å². The smallest absolute Gasteiger partial charge is 0.135 e. The van der Waals surface area contributed by atoms with E-state index in [1.165, 1.54) is 0 Å². The summed E-state index contributed by atoms with van der Waals surface area (Å²) < 4.78 is 5.32. The van der Waals surface area contributed by atoms with Gasteiger partial charge in [0.1, 0.15) is 11.9 Å². The van der Waals surface area contributed by atoms with Crippen LogP contribution in [0.5, 0.6) is 0 Å². The number of aromatic nitrogens is 2. The highest BCUT2D eigenvalue weighted by Gasteiger charge is 2.17. The molecule has 1 aromatic rings. The Bertz CT molecular complexity index is 260. The van der Waals surface area contributed by atoms with Gasteiger partial charge in [0.2, 0.25) is 0 Å². The van der Waals surface area contributed by atoms with Crippen LogP contribution in [0.15, 0.2) is 6.20 Å². The maximum Gasteiger partial charge on any atom is 0.135 e. The van der Waals surface area contributed by atoms with Gasteiger partial charge in [-0.05, 0) is 5.92 Å². The molecule has 0 fully saturated rings. The standard InChI is InChI=1S/C9H15ClN2O/c1-6(2)8(13-3)9-11-5-7(4-10)12-9/h5-6,8H,4H2,1-3H3,(H,11,12). The van der Waals surface area contributed by atoms with E-state index in [1.54, 1.807) is 13.3 Å². The number of alkyl halides is 1. The molecule has 0 aromatic carbocycles. The summed E-state index contributed by atoms with van der Waals surface area (Å²) in [6.07, 6.45) is 1.77. The minimum atomic E-state index is 0.0250. The predicted octanol–water partition coefficient (Wildman–Crippen LogP) is 2.49. The molecular weight excluding hydrogens is 188 g/mol. The van der Waals surface area contributed by atoms with Gasteiger partial charge in [-0.3, -0.25) is 0 Å². The van der Waals surface area contributed by atoms with Crippen LogP contribution in [-0.2, 0) is 10.6 Å². The molecule has 1 unspecified atom stereocenters. The third-order valence-electron chi connectivity index (χ3n) is 1.92. The van der Waals surface area contributed by atoms with Gasteiger partial charge in [0, 0.05) is 19.0 Å². The van der Waals surface area contributed by atoms with Gasteiger partial charge in [-0.15, -0.1) is 11.6 Å². The average Bonchev–Trinajstić information content (AvgIpc) is 2.53. The monoisotopic (exact) mass is 202 g/mol. The molecule has 1 atom stereocenters. The summed E-state index contributed by atoms with van der Waals surface area (Å²) in [5.74, 6) is 1.72. The first-order valence-corrected chi connectivity index (χ1v) is 4.85. The Morgan fingerprint density at radius 1 is 1.62 bits per heavy atom. The van der Waals surface area contributed by atoms with Crippen LogP contribution in [0.2, 0.25) is 0 Å². The number of halogens is 1. The second-order valence-corrected chi connectivity index (χ2v) is 3.59. The highest BCUT2D eigenvalue weighted by Crippen LogP contribution is 2.22. The summed E-state index contributed by atoms with van der Waals surface area (Å²) in [6.45, 7) is 4.19. The molecule has 13 heavy (non-hydrogen) atoms. The van der Waals surface area contributed by atoms with Crippen molar-refractivity contribution in [1.82, 2.24) is 9.97 Å². The Morgan fingerprint density at radius 3 is 2.69 bits per heavy atom. The van der Waals surface area contributed by atoms with E-state index < -0.39 is 0 Å². The number of aromatic amines is 1. The van der Waals surface area contributed by atoms with Gasteiger partial charge in [0.25, 0.3) is 0 Å². The molecular formula is C9H15ClN2O. The van der Waals surface area contributed by atoms with Gasteiger partial charge >= 0.3 is 0 Å². The number of nitrogens with one attached hydrogen (secondary N) is 1. The lowest BCUT2D eigenvalue weighted by Crippen LogP contribution is -2.10. The number of methoxy groups -OCH3 is 1. The molecule has 0 saturated heterocycles. The molecule has 0 spiro atoms. The first kappa shape index (κ1) is 10.5. The number of rotatable bonds is 4. The van der Waals surface area contributed by atoms with E-state index in [2.05, 4.69) is 23.8 Å². The summed E-state index contributed by atoms with van der Waals surface area (Å²) in [5.41, 5.74) is 0.930. The normalized spacial score (nSPS) is 13.6. The third-order valence-corrected chi connectivity index (χ3v) is 2.21. The van der Waals surface area contributed by atoms with Crippen molar-refractivity contribution in [1.29, 1.82) is 0 Å². The Morgan fingerprint density at radius 2 is 2.31 bits per heavy atom. The molecule has 1 N–H and O–H groups in total. The van der Waals surface area contributed by atoms with Crippen molar-refractivity contribution in [3.8, 4) is 0 Å². The summed E-state index contributed by atoms with van der Waals surface area (Å²) in [7, 11) is 1.69. The molecule has 1 heterocycles. The van der Waals surface area contributed by atoms with Crippen molar-refractivity contribution in [2.24, 2.45) is 5.92 Å². The van der Waals surface area contributed by atoms with E-state index in [1.807, 2.05) is 0 Å². The molecule has 1 aromatic heterocycles. The van der Waals surface area contributed by atoms with Crippen LogP contribution >= 0.6 is 11.6 Å². The van der Waals surface area contributed by atoms with E-state index in [4.69, 9.17) is 16.3 Å². The zero-order valence-corrected chi connectivity index (χ0v) is 8.93. The molecule has 0 saturated carbocycles. The van der Waals surface area contributed by atoms with Crippen molar-refractivity contribution < 1.29 is 4.74 Å². The van der Waals surface area contributed by atoms with Crippen LogP contribution in [0.3, 0.4) is 0 Å². The van der Waals surface area contributed by atoms with Crippen LogP contribution in [0.1, 0.15) is 31.5 Å². The SMILES string of the molecule is COC(c1ncc(CCl)[nH]1)C(C)C. The fraction of sp³-hybridized carbons (Fsp3) is 0.667. The van der Waals surface area contributed by atoms with Crippen LogP contribution in [0, 0.1) is 5.92 Å². The van der Waals surface area contributed by atoms with Crippen molar-refractivity contribution in [2.45, 2.75) is 25.8 Å². The molecule has 0 radical (unpaired) electrons. The summed E-state index contributed by atoms with van der Waals surface area (Å²) in [6, 6.07) is 0. The molecule has 1 rings (SSSR count). The van der Waals surface area contributed by atoms with Gasteiger partial charge < -0.3 is 9.72 Å². The molecule has 4 heteroatoms. The van der Waals surface area contributed by atoms with Gasteiger partial charge in [0.05, 0.1) is 5.88 Å². The molecule has 0 aliphatic heterocycles. The Hall–Kier alpha value is -0.540. The van der Waals surface area contributed by atoms with Crippen LogP contribution in [0.4, 0.5) is 0 Å². The number of imidazole rings is 1. The molecule has 3 nitrogen and oxygen atoms in total. The minimum absolute atomic E-state index is 0.0250. The van der Waals surface area contributed by atoms with Crippen molar-refractivity contribution >= 4 is 11.6 Å². The maximum atomic E-state index is 5.66. The fourth-order valence-electron chi connectivity index (χ4n) is 1.29. The number of hydrogen-bond acceptors (Lipinski definition) is 2.